The Labute approximate surface area is 291 Å². The number of para-hydroxylation sites is 2. The van der Waals surface area contributed by atoms with Gasteiger partial charge in [-0.25, -0.2) is 0 Å². The standard InChI is InChI=1S/C48H41N/c1-47(2)44-27-13-11-26-42(44)43-33-38(29-30-45(43)48(47,3)4)41-25-12-14-28-46(41)49(39-22-9-6-10-23-39)40-24-16-21-37(32-40)36-20-15-19-35(31-36)34-17-7-5-8-18-34/h5-33H,1-4H3. The molecule has 0 N–H and O–H groups in total. The van der Waals surface area contributed by atoms with Gasteiger partial charge in [0.25, 0.3) is 0 Å². The summed E-state index contributed by atoms with van der Waals surface area (Å²) in [5.74, 6) is 0. The first-order valence-electron chi connectivity index (χ1n) is 17.3. The summed E-state index contributed by atoms with van der Waals surface area (Å²) < 4.78 is 0. The Bertz CT molecular complexity index is 2280. The van der Waals surface area contributed by atoms with Gasteiger partial charge in [0.15, 0.2) is 0 Å². The molecule has 49 heavy (non-hydrogen) atoms. The minimum atomic E-state index is -0.0247. The minimum absolute atomic E-state index is 0.00571. The predicted octanol–water partition coefficient (Wildman–Crippen LogP) is 13.4. The third-order valence-electron chi connectivity index (χ3n) is 11.0. The largest absolute Gasteiger partial charge is 0.310 e. The van der Waals surface area contributed by atoms with Gasteiger partial charge < -0.3 is 4.90 Å². The van der Waals surface area contributed by atoms with Crippen LogP contribution in [0.25, 0.3) is 44.5 Å². The van der Waals surface area contributed by atoms with Crippen LogP contribution in [0.15, 0.2) is 176 Å². The van der Waals surface area contributed by atoms with Crippen molar-refractivity contribution in [3.05, 3.63) is 187 Å². The lowest BCUT2D eigenvalue weighted by atomic mass is 9.55. The van der Waals surface area contributed by atoms with Crippen LogP contribution in [0.3, 0.4) is 0 Å². The molecular weight excluding hydrogens is 591 g/mol. The minimum Gasteiger partial charge on any atom is -0.310 e. The number of rotatable bonds is 6. The normalized spacial score (nSPS) is 14.0. The van der Waals surface area contributed by atoms with Crippen LogP contribution >= 0.6 is 0 Å². The molecule has 0 aliphatic heterocycles. The molecule has 0 heterocycles. The zero-order valence-electron chi connectivity index (χ0n) is 28.7. The number of hydrogen-bond donors (Lipinski definition) is 0. The molecule has 7 aromatic rings. The molecule has 7 aromatic carbocycles. The highest BCUT2D eigenvalue weighted by Crippen LogP contribution is 2.54. The third kappa shape index (κ3) is 5.27. The molecule has 1 aliphatic carbocycles. The molecule has 1 heteroatoms. The first kappa shape index (κ1) is 30.7. The summed E-state index contributed by atoms with van der Waals surface area (Å²) in [6, 6.07) is 64.1. The quantitative estimate of drug-likeness (QED) is 0.176. The van der Waals surface area contributed by atoms with E-state index < -0.39 is 0 Å². The van der Waals surface area contributed by atoms with Crippen molar-refractivity contribution < 1.29 is 0 Å². The van der Waals surface area contributed by atoms with Crippen molar-refractivity contribution in [2.75, 3.05) is 4.90 Å². The Morgan fingerprint density at radius 2 is 0.837 bits per heavy atom. The maximum absolute atomic E-state index is 2.43. The lowest BCUT2D eigenvalue weighted by Gasteiger charge is -2.48. The summed E-state index contributed by atoms with van der Waals surface area (Å²) >= 11 is 0. The van der Waals surface area contributed by atoms with Gasteiger partial charge in [-0.05, 0) is 103 Å². The van der Waals surface area contributed by atoms with E-state index in [1.165, 1.54) is 55.6 Å². The molecule has 0 saturated heterocycles. The molecule has 0 aromatic heterocycles. The number of nitrogens with zero attached hydrogens (tertiary/aromatic N) is 1. The summed E-state index contributed by atoms with van der Waals surface area (Å²) in [5.41, 5.74) is 16.1. The van der Waals surface area contributed by atoms with E-state index in [1.807, 2.05) is 0 Å². The summed E-state index contributed by atoms with van der Waals surface area (Å²) in [6.45, 7) is 9.58. The van der Waals surface area contributed by atoms with Crippen LogP contribution in [-0.4, -0.2) is 0 Å². The van der Waals surface area contributed by atoms with Crippen LogP contribution in [0.2, 0.25) is 0 Å². The van der Waals surface area contributed by atoms with Crippen molar-refractivity contribution >= 4 is 17.1 Å². The fraction of sp³-hybridized carbons (Fsp3) is 0.125. The SMILES string of the molecule is CC1(C)c2ccccc2-c2cc(-c3ccccc3N(c3ccccc3)c3cccc(-c4cccc(-c5ccccc5)c4)c3)ccc2C1(C)C. The predicted molar refractivity (Wildman–Crippen MR) is 209 cm³/mol. The maximum atomic E-state index is 2.43. The molecule has 1 nitrogen and oxygen atoms in total. The van der Waals surface area contributed by atoms with Crippen molar-refractivity contribution in [3.63, 3.8) is 0 Å². The van der Waals surface area contributed by atoms with Gasteiger partial charge in [0.1, 0.15) is 0 Å². The van der Waals surface area contributed by atoms with Gasteiger partial charge in [0.05, 0.1) is 5.69 Å². The average Bonchev–Trinajstić information content (AvgIpc) is 3.15. The number of benzene rings is 7. The van der Waals surface area contributed by atoms with Crippen molar-refractivity contribution in [2.45, 2.75) is 38.5 Å². The summed E-state index contributed by atoms with van der Waals surface area (Å²) in [6.07, 6.45) is 0. The van der Waals surface area contributed by atoms with Crippen molar-refractivity contribution in [1.29, 1.82) is 0 Å². The molecule has 0 atom stereocenters. The Kier molecular flexibility index (Phi) is 7.57. The van der Waals surface area contributed by atoms with E-state index in [2.05, 4.69) is 209 Å². The Morgan fingerprint density at radius 3 is 1.57 bits per heavy atom. The Hall–Kier alpha value is -5.66. The summed E-state index contributed by atoms with van der Waals surface area (Å²) in [7, 11) is 0. The van der Waals surface area contributed by atoms with Gasteiger partial charge in [0, 0.05) is 16.9 Å². The molecule has 0 saturated carbocycles. The molecule has 0 spiro atoms. The maximum Gasteiger partial charge on any atom is 0.0540 e. The molecule has 0 unspecified atom stereocenters. The molecule has 0 radical (unpaired) electrons. The van der Waals surface area contributed by atoms with Gasteiger partial charge >= 0.3 is 0 Å². The topological polar surface area (TPSA) is 3.24 Å². The van der Waals surface area contributed by atoms with Crippen LogP contribution in [0.5, 0.6) is 0 Å². The van der Waals surface area contributed by atoms with Crippen LogP contribution < -0.4 is 4.90 Å². The molecule has 238 valence electrons. The lowest BCUT2D eigenvalue weighted by molar-refractivity contribution is 0.299. The fourth-order valence-electron chi connectivity index (χ4n) is 7.67. The smallest absolute Gasteiger partial charge is 0.0540 e. The Balaban J connectivity index is 1.27. The van der Waals surface area contributed by atoms with Crippen LogP contribution in [0.1, 0.15) is 38.8 Å². The van der Waals surface area contributed by atoms with Crippen molar-refractivity contribution in [1.82, 2.24) is 0 Å². The highest BCUT2D eigenvalue weighted by Gasteiger charge is 2.45. The van der Waals surface area contributed by atoms with E-state index in [0.29, 0.717) is 0 Å². The highest BCUT2D eigenvalue weighted by molar-refractivity contribution is 5.91. The monoisotopic (exact) mass is 631 g/mol. The molecule has 0 fully saturated rings. The molecular formula is C48H41N. The average molecular weight is 632 g/mol. The summed E-state index contributed by atoms with van der Waals surface area (Å²) in [5, 5.41) is 0. The van der Waals surface area contributed by atoms with Crippen molar-refractivity contribution in [2.24, 2.45) is 0 Å². The fourth-order valence-corrected chi connectivity index (χ4v) is 7.67. The van der Waals surface area contributed by atoms with E-state index >= 15 is 0 Å². The molecule has 1 aliphatic rings. The molecule has 8 rings (SSSR count). The first-order valence-corrected chi connectivity index (χ1v) is 17.3. The zero-order valence-corrected chi connectivity index (χ0v) is 28.7. The van der Waals surface area contributed by atoms with E-state index in [-0.39, 0.29) is 10.8 Å². The van der Waals surface area contributed by atoms with E-state index in [1.54, 1.807) is 0 Å². The first-order chi connectivity index (χ1) is 23.8. The van der Waals surface area contributed by atoms with Crippen LogP contribution in [-0.2, 0) is 10.8 Å². The van der Waals surface area contributed by atoms with Gasteiger partial charge in [-0.15, -0.1) is 0 Å². The highest BCUT2D eigenvalue weighted by atomic mass is 15.1. The number of hydrogen-bond acceptors (Lipinski definition) is 1. The third-order valence-corrected chi connectivity index (χ3v) is 11.0. The van der Waals surface area contributed by atoms with Gasteiger partial charge in [-0.2, -0.15) is 0 Å². The van der Waals surface area contributed by atoms with E-state index in [4.69, 9.17) is 0 Å². The zero-order chi connectivity index (χ0) is 33.6. The summed E-state index contributed by atoms with van der Waals surface area (Å²) in [4.78, 5) is 2.40. The number of fused-ring (bicyclic) bond motifs is 3. The van der Waals surface area contributed by atoms with Crippen molar-refractivity contribution in [3.8, 4) is 44.5 Å². The van der Waals surface area contributed by atoms with Crippen LogP contribution in [0, 0.1) is 0 Å². The van der Waals surface area contributed by atoms with E-state index in [9.17, 15) is 0 Å². The second-order valence-corrected chi connectivity index (χ2v) is 14.2. The van der Waals surface area contributed by atoms with Gasteiger partial charge in [0.2, 0.25) is 0 Å². The van der Waals surface area contributed by atoms with E-state index in [0.717, 1.165) is 17.1 Å². The molecule has 0 bridgehead atoms. The second kappa shape index (κ2) is 12.1. The Morgan fingerprint density at radius 1 is 0.327 bits per heavy atom. The second-order valence-electron chi connectivity index (χ2n) is 14.2. The van der Waals surface area contributed by atoms with Gasteiger partial charge in [-0.3, -0.25) is 0 Å². The lowest BCUT2D eigenvalue weighted by Crippen LogP contribution is -2.43. The van der Waals surface area contributed by atoms with Crippen LogP contribution in [0.4, 0.5) is 17.1 Å². The number of anilines is 3. The van der Waals surface area contributed by atoms with Gasteiger partial charge in [-0.1, -0.05) is 161 Å². The molecule has 0 amide bonds.